The van der Waals surface area contributed by atoms with Crippen LogP contribution in [0.4, 0.5) is 0 Å². The largest absolute Gasteiger partial charge is 0.481 e. The Morgan fingerprint density at radius 2 is 1.90 bits per heavy atom. The van der Waals surface area contributed by atoms with Gasteiger partial charge in [0.2, 0.25) is 5.89 Å². The standard InChI is InChI=1S/C15H19N3O3/c19-14(20)10-5-3-1-2-4-9-13-17-18-15(21-13)12-8-6-7-11-16-12/h6-8,11H,1-5,9-10H2,(H,19,20). The van der Waals surface area contributed by atoms with Gasteiger partial charge in [0.15, 0.2) is 0 Å². The van der Waals surface area contributed by atoms with Crippen LogP contribution in [0.5, 0.6) is 0 Å². The SMILES string of the molecule is O=C(O)CCCCCCCc1nnc(-c2ccccn2)o1. The van der Waals surface area contributed by atoms with E-state index in [0.717, 1.165) is 38.5 Å². The van der Waals surface area contributed by atoms with E-state index >= 15 is 0 Å². The summed E-state index contributed by atoms with van der Waals surface area (Å²) in [6.07, 6.45) is 7.45. The number of aryl methyl sites for hydroxylation is 1. The van der Waals surface area contributed by atoms with Crippen LogP contribution in [0.1, 0.15) is 44.4 Å². The summed E-state index contributed by atoms with van der Waals surface area (Å²) in [5.74, 6) is 0.358. The molecule has 0 radical (unpaired) electrons. The van der Waals surface area contributed by atoms with Crippen molar-refractivity contribution in [1.29, 1.82) is 0 Å². The van der Waals surface area contributed by atoms with E-state index in [2.05, 4.69) is 15.2 Å². The van der Waals surface area contributed by atoms with Crippen LogP contribution in [0.25, 0.3) is 11.6 Å². The Kier molecular flexibility index (Phi) is 5.87. The van der Waals surface area contributed by atoms with E-state index in [1.54, 1.807) is 6.20 Å². The molecule has 0 atom stereocenters. The molecule has 0 fully saturated rings. The van der Waals surface area contributed by atoms with Crippen molar-refractivity contribution in [2.45, 2.75) is 44.9 Å². The lowest BCUT2D eigenvalue weighted by Gasteiger charge is -1.98. The zero-order valence-corrected chi connectivity index (χ0v) is 11.9. The summed E-state index contributed by atoms with van der Waals surface area (Å²) in [5.41, 5.74) is 0.685. The second-order valence-electron chi connectivity index (χ2n) is 4.88. The van der Waals surface area contributed by atoms with Crippen LogP contribution >= 0.6 is 0 Å². The predicted molar refractivity (Wildman–Crippen MR) is 76.6 cm³/mol. The van der Waals surface area contributed by atoms with Crippen LogP contribution in [0.3, 0.4) is 0 Å². The minimum Gasteiger partial charge on any atom is -0.481 e. The quantitative estimate of drug-likeness (QED) is 0.713. The molecule has 0 saturated heterocycles. The summed E-state index contributed by atoms with van der Waals surface area (Å²) in [7, 11) is 0. The van der Waals surface area contributed by atoms with Gasteiger partial charge in [-0.25, -0.2) is 0 Å². The summed E-state index contributed by atoms with van der Waals surface area (Å²) in [5, 5.41) is 16.5. The fourth-order valence-electron chi connectivity index (χ4n) is 2.03. The Balaban J connectivity index is 1.66. The number of carbonyl (C=O) groups is 1. The molecule has 2 aromatic rings. The molecule has 112 valence electrons. The van der Waals surface area contributed by atoms with Crippen molar-refractivity contribution < 1.29 is 14.3 Å². The van der Waals surface area contributed by atoms with E-state index in [9.17, 15) is 4.79 Å². The highest BCUT2D eigenvalue weighted by molar-refractivity contribution is 5.66. The average molecular weight is 289 g/mol. The molecule has 2 rings (SSSR count). The molecule has 0 aliphatic heterocycles. The number of aromatic nitrogens is 3. The monoisotopic (exact) mass is 289 g/mol. The summed E-state index contributed by atoms with van der Waals surface area (Å²) >= 11 is 0. The van der Waals surface area contributed by atoms with E-state index in [1.807, 2.05) is 18.2 Å². The lowest BCUT2D eigenvalue weighted by atomic mass is 10.1. The van der Waals surface area contributed by atoms with Crippen molar-refractivity contribution in [3.63, 3.8) is 0 Å². The molecular formula is C15H19N3O3. The molecule has 0 saturated carbocycles. The third-order valence-electron chi connectivity index (χ3n) is 3.13. The Labute approximate surface area is 123 Å². The maximum atomic E-state index is 10.4. The smallest absolute Gasteiger partial charge is 0.303 e. The van der Waals surface area contributed by atoms with Gasteiger partial charge >= 0.3 is 5.97 Å². The molecule has 0 aliphatic rings. The highest BCUT2D eigenvalue weighted by Gasteiger charge is 2.08. The molecule has 6 heteroatoms. The molecule has 6 nitrogen and oxygen atoms in total. The molecule has 0 amide bonds. The molecule has 0 spiro atoms. The number of pyridine rings is 1. The number of unbranched alkanes of at least 4 members (excludes halogenated alkanes) is 4. The minimum atomic E-state index is -0.720. The van der Waals surface area contributed by atoms with Gasteiger partial charge in [0.25, 0.3) is 5.89 Å². The van der Waals surface area contributed by atoms with Gasteiger partial charge in [0, 0.05) is 19.0 Å². The Morgan fingerprint density at radius 1 is 1.10 bits per heavy atom. The van der Waals surface area contributed by atoms with Gasteiger partial charge in [-0.15, -0.1) is 10.2 Å². The summed E-state index contributed by atoms with van der Waals surface area (Å²) < 4.78 is 5.57. The first-order valence-corrected chi connectivity index (χ1v) is 7.21. The third-order valence-corrected chi connectivity index (χ3v) is 3.13. The zero-order valence-electron chi connectivity index (χ0n) is 11.9. The van der Waals surface area contributed by atoms with E-state index < -0.39 is 5.97 Å². The van der Waals surface area contributed by atoms with Gasteiger partial charge in [0.05, 0.1) is 0 Å². The number of carboxylic acid groups (broad SMARTS) is 1. The first-order valence-electron chi connectivity index (χ1n) is 7.21. The summed E-state index contributed by atoms with van der Waals surface area (Å²) in [4.78, 5) is 14.5. The van der Waals surface area contributed by atoms with Crippen molar-refractivity contribution in [1.82, 2.24) is 15.2 Å². The molecule has 1 N–H and O–H groups in total. The maximum Gasteiger partial charge on any atom is 0.303 e. The van der Waals surface area contributed by atoms with Gasteiger partial charge < -0.3 is 9.52 Å². The van der Waals surface area contributed by atoms with Crippen LogP contribution in [-0.4, -0.2) is 26.3 Å². The van der Waals surface area contributed by atoms with Crippen LogP contribution in [0.15, 0.2) is 28.8 Å². The van der Waals surface area contributed by atoms with Gasteiger partial charge in [-0.1, -0.05) is 25.3 Å². The number of hydrogen-bond acceptors (Lipinski definition) is 5. The fraction of sp³-hybridized carbons (Fsp3) is 0.467. The van der Waals surface area contributed by atoms with Crippen LogP contribution in [0.2, 0.25) is 0 Å². The van der Waals surface area contributed by atoms with E-state index in [4.69, 9.17) is 9.52 Å². The molecule has 0 bridgehead atoms. The molecule has 0 aliphatic carbocycles. The summed E-state index contributed by atoms with van der Waals surface area (Å²) in [6.45, 7) is 0. The molecule has 2 aromatic heterocycles. The Hall–Kier alpha value is -2.24. The lowest BCUT2D eigenvalue weighted by Crippen LogP contribution is -1.93. The van der Waals surface area contributed by atoms with Crippen molar-refractivity contribution in [2.75, 3.05) is 0 Å². The zero-order chi connectivity index (χ0) is 14.9. The molecule has 2 heterocycles. The second-order valence-corrected chi connectivity index (χ2v) is 4.88. The van der Waals surface area contributed by atoms with Crippen LogP contribution < -0.4 is 0 Å². The lowest BCUT2D eigenvalue weighted by molar-refractivity contribution is -0.137. The van der Waals surface area contributed by atoms with Crippen LogP contribution in [0, 0.1) is 0 Å². The van der Waals surface area contributed by atoms with E-state index in [-0.39, 0.29) is 6.42 Å². The maximum absolute atomic E-state index is 10.4. The van der Waals surface area contributed by atoms with Gasteiger partial charge in [0.1, 0.15) is 5.69 Å². The van der Waals surface area contributed by atoms with E-state index in [1.165, 1.54) is 0 Å². The van der Waals surface area contributed by atoms with Gasteiger partial charge in [-0.05, 0) is 25.0 Å². The minimum absolute atomic E-state index is 0.261. The highest BCUT2D eigenvalue weighted by atomic mass is 16.4. The third kappa shape index (κ3) is 5.33. The Morgan fingerprint density at radius 3 is 2.67 bits per heavy atom. The van der Waals surface area contributed by atoms with Crippen LogP contribution in [-0.2, 0) is 11.2 Å². The number of carboxylic acids is 1. The summed E-state index contributed by atoms with van der Waals surface area (Å²) in [6, 6.07) is 5.55. The van der Waals surface area contributed by atoms with Crippen molar-refractivity contribution in [2.24, 2.45) is 0 Å². The molecular weight excluding hydrogens is 270 g/mol. The van der Waals surface area contributed by atoms with E-state index in [0.29, 0.717) is 17.5 Å². The number of nitrogens with zero attached hydrogens (tertiary/aromatic N) is 3. The topological polar surface area (TPSA) is 89.1 Å². The van der Waals surface area contributed by atoms with Gasteiger partial charge in [-0.3, -0.25) is 9.78 Å². The van der Waals surface area contributed by atoms with Crippen molar-refractivity contribution in [3.05, 3.63) is 30.3 Å². The fourth-order valence-corrected chi connectivity index (χ4v) is 2.03. The number of rotatable bonds is 9. The number of aliphatic carboxylic acids is 1. The normalized spacial score (nSPS) is 10.7. The highest BCUT2D eigenvalue weighted by Crippen LogP contribution is 2.16. The Bertz CT molecular complexity index is 554. The molecule has 0 aromatic carbocycles. The van der Waals surface area contributed by atoms with Crippen molar-refractivity contribution >= 4 is 5.97 Å². The van der Waals surface area contributed by atoms with Gasteiger partial charge in [-0.2, -0.15) is 0 Å². The molecule has 0 unspecified atom stereocenters. The average Bonchev–Trinajstić information content (AvgIpc) is 2.96. The van der Waals surface area contributed by atoms with Crippen molar-refractivity contribution in [3.8, 4) is 11.6 Å². The molecule has 21 heavy (non-hydrogen) atoms. The predicted octanol–water partition coefficient (Wildman–Crippen LogP) is 3.10. The first kappa shape index (κ1) is 15.2. The first-order chi connectivity index (χ1) is 10.3. The second kappa shape index (κ2) is 8.14. The number of hydrogen-bond donors (Lipinski definition) is 1.